The first-order valence-corrected chi connectivity index (χ1v) is 6.18. The average Bonchev–Trinajstić information content (AvgIpc) is 2.97. The van der Waals surface area contributed by atoms with Gasteiger partial charge < -0.3 is 19.9 Å². The Kier molecular flexibility index (Phi) is 2.75. The number of amides is 3. The van der Waals surface area contributed by atoms with Crippen molar-refractivity contribution in [2.75, 3.05) is 13.3 Å². The fourth-order valence-corrected chi connectivity index (χ4v) is 2.38. The van der Waals surface area contributed by atoms with Gasteiger partial charge in [-0.3, -0.25) is 14.5 Å². The van der Waals surface area contributed by atoms with Crippen molar-refractivity contribution in [3.8, 4) is 11.5 Å². The van der Waals surface area contributed by atoms with Crippen molar-refractivity contribution in [1.29, 1.82) is 0 Å². The SMILES string of the molecule is CC1(c2ccc3c(c2)OCO3)NC(=O)N(CC(=O)O)C1=O. The van der Waals surface area contributed by atoms with Crippen LogP contribution in [-0.4, -0.2) is 41.3 Å². The van der Waals surface area contributed by atoms with Crippen LogP contribution in [0.5, 0.6) is 11.5 Å². The Bertz CT molecular complexity index is 658. The molecule has 2 heterocycles. The molecule has 0 bridgehead atoms. The predicted octanol–water partition coefficient (Wildman–Crippen LogP) is 0.267. The zero-order valence-corrected chi connectivity index (χ0v) is 11.1. The molecule has 0 aromatic heterocycles. The van der Waals surface area contributed by atoms with Gasteiger partial charge in [0, 0.05) is 0 Å². The molecule has 3 rings (SSSR count). The van der Waals surface area contributed by atoms with Crippen LogP contribution in [0.4, 0.5) is 4.79 Å². The molecule has 1 fully saturated rings. The van der Waals surface area contributed by atoms with Crippen molar-refractivity contribution >= 4 is 17.9 Å². The number of fused-ring (bicyclic) bond motifs is 1. The second-order valence-corrected chi connectivity index (χ2v) is 4.91. The Balaban J connectivity index is 1.96. The number of carboxylic acid groups (broad SMARTS) is 1. The number of nitrogens with zero attached hydrogens (tertiary/aromatic N) is 1. The molecule has 0 radical (unpaired) electrons. The minimum atomic E-state index is -1.33. The Morgan fingerprint density at radius 1 is 1.38 bits per heavy atom. The van der Waals surface area contributed by atoms with Gasteiger partial charge in [0.05, 0.1) is 0 Å². The van der Waals surface area contributed by atoms with Crippen molar-refractivity contribution in [2.45, 2.75) is 12.5 Å². The Morgan fingerprint density at radius 2 is 2.10 bits per heavy atom. The van der Waals surface area contributed by atoms with Crippen LogP contribution < -0.4 is 14.8 Å². The molecule has 1 unspecified atom stereocenters. The first-order valence-electron chi connectivity index (χ1n) is 6.18. The Morgan fingerprint density at radius 3 is 2.81 bits per heavy atom. The third kappa shape index (κ3) is 1.95. The van der Waals surface area contributed by atoms with Crippen molar-refractivity contribution in [3.05, 3.63) is 23.8 Å². The van der Waals surface area contributed by atoms with Gasteiger partial charge in [-0.25, -0.2) is 4.79 Å². The number of nitrogens with one attached hydrogen (secondary N) is 1. The van der Waals surface area contributed by atoms with E-state index in [1.165, 1.54) is 6.92 Å². The fourth-order valence-electron chi connectivity index (χ4n) is 2.38. The summed E-state index contributed by atoms with van der Waals surface area (Å²) in [7, 11) is 0. The van der Waals surface area contributed by atoms with E-state index in [2.05, 4.69) is 5.32 Å². The van der Waals surface area contributed by atoms with Gasteiger partial charge >= 0.3 is 12.0 Å². The van der Waals surface area contributed by atoms with Gasteiger partial charge in [-0.15, -0.1) is 0 Å². The van der Waals surface area contributed by atoms with Crippen LogP contribution in [0.2, 0.25) is 0 Å². The maximum absolute atomic E-state index is 12.4. The van der Waals surface area contributed by atoms with Crippen LogP contribution in [0.3, 0.4) is 0 Å². The van der Waals surface area contributed by atoms with E-state index in [0.29, 0.717) is 22.0 Å². The predicted molar refractivity (Wildman–Crippen MR) is 67.8 cm³/mol. The molecule has 110 valence electrons. The van der Waals surface area contributed by atoms with E-state index in [4.69, 9.17) is 14.6 Å². The summed E-state index contributed by atoms with van der Waals surface area (Å²) in [5, 5.41) is 11.3. The molecule has 0 spiro atoms. The lowest BCUT2D eigenvalue weighted by Crippen LogP contribution is -2.41. The molecule has 3 amide bonds. The first kappa shape index (κ1) is 13.2. The highest BCUT2D eigenvalue weighted by Gasteiger charge is 2.49. The fraction of sp³-hybridized carbons (Fsp3) is 0.308. The third-order valence-corrected chi connectivity index (χ3v) is 3.52. The summed E-state index contributed by atoms with van der Waals surface area (Å²) in [6, 6.07) is 4.14. The maximum atomic E-state index is 12.4. The number of hydrogen-bond donors (Lipinski definition) is 2. The second kappa shape index (κ2) is 4.37. The van der Waals surface area contributed by atoms with E-state index in [9.17, 15) is 14.4 Å². The summed E-state index contributed by atoms with van der Waals surface area (Å²) in [6.07, 6.45) is 0. The lowest BCUT2D eigenvalue weighted by molar-refractivity contribution is -0.142. The number of aliphatic carboxylic acids is 1. The molecule has 8 heteroatoms. The molecule has 8 nitrogen and oxygen atoms in total. The molecule has 0 aliphatic carbocycles. The highest BCUT2D eigenvalue weighted by atomic mass is 16.7. The number of benzene rings is 1. The Labute approximate surface area is 119 Å². The van der Waals surface area contributed by atoms with Crippen molar-refractivity contribution in [3.63, 3.8) is 0 Å². The molecule has 2 N–H and O–H groups in total. The molecule has 1 aromatic rings. The standard InChI is InChI=1S/C13H12N2O6/c1-13(7-2-3-8-9(4-7)21-6-20-8)11(18)15(5-10(16)17)12(19)14-13/h2-4H,5-6H2,1H3,(H,14,19)(H,16,17). The summed E-state index contributed by atoms with van der Waals surface area (Å²) in [4.78, 5) is 35.6. The summed E-state index contributed by atoms with van der Waals surface area (Å²) < 4.78 is 10.4. The van der Waals surface area contributed by atoms with Gasteiger partial charge in [0.15, 0.2) is 11.5 Å². The number of carbonyl (C=O) groups excluding carboxylic acids is 2. The number of rotatable bonds is 3. The van der Waals surface area contributed by atoms with Gasteiger partial charge in [-0.1, -0.05) is 6.07 Å². The largest absolute Gasteiger partial charge is 0.480 e. The van der Waals surface area contributed by atoms with Crippen molar-refractivity contribution in [2.24, 2.45) is 0 Å². The monoisotopic (exact) mass is 292 g/mol. The first-order chi connectivity index (χ1) is 9.91. The van der Waals surface area contributed by atoms with E-state index in [0.717, 1.165) is 0 Å². The summed E-state index contributed by atoms with van der Waals surface area (Å²) in [6.45, 7) is 0.943. The molecular formula is C13H12N2O6. The minimum Gasteiger partial charge on any atom is -0.480 e. The Hall–Kier alpha value is -2.77. The van der Waals surface area contributed by atoms with Crippen LogP contribution >= 0.6 is 0 Å². The number of ether oxygens (including phenoxy) is 2. The topological polar surface area (TPSA) is 105 Å². The third-order valence-electron chi connectivity index (χ3n) is 3.52. The number of carbonyl (C=O) groups is 3. The van der Waals surface area contributed by atoms with Crippen LogP contribution in [0.25, 0.3) is 0 Å². The van der Waals surface area contributed by atoms with Gasteiger partial charge in [-0.05, 0) is 24.6 Å². The number of carboxylic acids is 1. The maximum Gasteiger partial charge on any atom is 0.325 e. The van der Waals surface area contributed by atoms with E-state index >= 15 is 0 Å². The van der Waals surface area contributed by atoms with E-state index in [-0.39, 0.29) is 6.79 Å². The molecule has 21 heavy (non-hydrogen) atoms. The van der Waals surface area contributed by atoms with Crippen LogP contribution in [0.1, 0.15) is 12.5 Å². The minimum absolute atomic E-state index is 0.0982. The zero-order chi connectivity index (χ0) is 15.2. The van der Waals surface area contributed by atoms with Crippen molar-refractivity contribution in [1.82, 2.24) is 10.2 Å². The number of imide groups is 1. The summed E-state index contributed by atoms with van der Waals surface area (Å²) in [5.74, 6) is -0.837. The molecule has 1 atom stereocenters. The van der Waals surface area contributed by atoms with Crippen LogP contribution in [0, 0.1) is 0 Å². The van der Waals surface area contributed by atoms with E-state index in [1.807, 2.05) is 0 Å². The normalized spacial score (nSPS) is 23.4. The lowest BCUT2D eigenvalue weighted by Gasteiger charge is -2.22. The molecular weight excluding hydrogens is 280 g/mol. The van der Waals surface area contributed by atoms with Gasteiger partial charge in [0.2, 0.25) is 6.79 Å². The molecule has 1 aromatic carbocycles. The van der Waals surface area contributed by atoms with Crippen LogP contribution in [-0.2, 0) is 15.1 Å². The molecule has 0 saturated carbocycles. The highest BCUT2D eigenvalue weighted by Crippen LogP contribution is 2.37. The summed E-state index contributed by atoms with van der Waals surface area (Å²) >= 11 is 0. The average molecular weight is 292 g/mol. The lowest BCUT2D eigenvalue weighted by atomic mass is 9.91. The van der Waals surface area contributed by atoms with E-state index in [1.54, 1.807) is 18.2 Å². The smallest absolute Gasteiger partial charge is 0.325 e. The summed E-state index contributed by atoms with van der Waals surface area (Å²) in [5.41, 5.74) is -0.828. The molecule has 2 aliphatic heterocycles. The zero-order valence-electron chi connectivity index (χ0n) is 11.1. The molecule has 2 aliphatic rings. The quantitative estimate of drug-likeness (QED) is 0.775. The van der Waals surface area contributed by atoms with Crippen molar-refractivity contribution < 1.29 is 29.0 Å². The highest BCUT2D eigenvalue weighted by molar-refractivity contribution is 6.08. The number of urea groups is 1. The van der Waals surface area contributed by atoms with Gasteiger partial charge in [-0.2, -0.15) is 0 Å². The molecule has 1 saturated heterocycles. The number of hydrogen-bond acceptors (Lipinski definition) is 5. The van der Waals surface area contributed by atoms with Gasteiger partial charge in [0.25, 0.3) is 5.91 Å². The second-order valence-electron chi connectivity index (χ2n) is 4.91. The van der Waals surface area contributed by atoms with Crippen LogP contribution in [0.15, 0.2) is 18.2 Å². The van der Waals surface area contributed by atoms with E-state index < -0.39 is 30.0 Å². The van der Waals surface area contributed by atoms with Gasteiger partial charge in [0.1, 0.15) is 12.1 Å².